The summed E-state index contributed by atoms with van der Waals surface area (Å²) in [4.78, 5) is 25.5. The van der Waals surface area contributed by atoms with E-state index in [0.29, 0.717) is 29.8 Å². The van der Waals surface area contributed by atoms with Gasteiger partial charge in [-0.1, -0.05) is 6.42 Å². The normalized spacial score (nSPS) is 41.9. The molecule has 32 heavy (non-hydrogen) atoms. The maximum atomic E-state index is 12.9. The maximum Gasteiger partial charge on any atom is 0.223 e. The molecule has 3 aliphatic carbocycles. The molecule has 0 spiro atoms. The van der Waals surface area contributed by atoms with Crippen LogP contribution in [-0.2, 0) is 9.59 Å². The molecular weight excluding hydrogens is 400 g/mol. The number of carbonyl (C=O) groups is 2. The van der Waals surface area contributed by atoms with Gasteiger partial charge in [0.05, 0.1) is 0 Å². The smallest absolute Gasteiger partial charge is 0.223 e. The van der Waals surface area contributed by atoms with Gasteiger partial charge in [-0.25, -0.2) is 0 Å². The Kier molecular flexibility index (Phi) is 7.37. The van der Waals surface area contributed by atoms with Gasteiger partial charge in [-0.3, -0.25) is 9.59 Å². The van der Waals surface area contributed by atoms with E-state index in [-0.39, 0.29) is 17.7 Å². The SMILES string of the molecule is O=C(NCC1CCCCN1)C1CCC([C@@H]2C[C@H]2C(=O)NC2CCC3CNCCC3C2)CC1. The lowest BCUT2D eigenvalue weighted by molar-refractivity contribution is -0.127. The van der Waals surface area contributed by atoms with E-state index in [2.05, 4.69) is 21.3 Å². The van der Waals surface area contributed by atoms with Crippen LogP contribution in [0, 0.1) is 35.5 Å². The summed E-state index contributed by atoms with van der Waals surface area (Å²) in [6.07, 6.45) is 13.9. The predicted molar refractivity (Wildman–Crippen MR) is 126 cm³/mol. The largest absolute Gasteiger partial charge is 0.354 e. The highest BCUT2D eigenvalue weighted by atomic mass is 16.2. The number of fused-ring (bicyclic) bond motifs is 1. The molecule has 2 amide bonds. The first kappa shape index (κ1) is 22.6. The lowest BCUT2D eigenvalue weighted by Crippen LogP contribution is -2.46. The minimum Gasteiger partial charge on any atom is -0.354 e. The minimum atomic E-state index is 0.182. The third kappa shape index (κ3) is 5.49. The van der Waals surface area contributed by atoms with Gasteiger partial charge in [0, 0.05) is 30.5 Å². The van der Waals surface area contributed by atoms with Crippen molar-refractivity contribution in [2.75, 3.05) is 26.2 Å². The van der Waals surface area contributed by atoms with Crippen LogP contribution in [-0.4, -0.2) is 50.1 Å². The Morgan fingerprint density at radius 3 is 2.44 bits per heavy atom. The Hall–Kier alpha value is -1.14. The van der Waals surface area contributed by atoms with Crippen LogP contribution in [0.5, 0.6) is 0 Å². The number of hydrogen-bond acceptors (Lipinski definition) is 4. The lowest BCUT2D eigenvalue weighted by Gasteiger charge is -2.39. The van der Waals surface area contributed by atoms with Gasteiger partial charge in [0.1, 0.15) is 0 Å². The van der Waals surface area contributed by atoms with E-state index in [9.17, 15) is 9.59 Å². The molecule has 2 heterocycles. The summed E-state index contributed by atoms with van der Waals surface area (Å²) >= 11 is 0. The van der Waals surface area contributed by atoms with Crippen molar-refractivity contribution in [2.24, 2.45) is 35.5 Å². The van der Waals surface area contributed by atoms with Crippen molar-refractivity contribution in [1.29, 1.82) is 0 Å². The zero-order chi connectivity index (χ0) is 21.9. The maximum absolute atomic E-state index is 12.9. The Labute approximate surface area is 193 Å². The van der Waals surface area contributed by atoms with Crippen LogP contribution < -0.4 is 21.3 Å². The third-order valence-electron chi connectivity index (χ3n) is 9.44. The molecule has 5 rings (SSSR count). The molecule has 6 nitrogen and oxygen atoms in total. The van der Waals surface area contributed by atoms with Crippen LogP contribution in [0.15, 0.2) is 0 Å². The van der Waals surface area contributed by atoms with E-state index in [1.165, 1.54) is 45.1 Å². The highest BCUT2D eigenvalue weighted by molar-refractivity contribution is 5.82. The first-order valence-corrected chi connectivity index (χ1v) is 13.7. The molecule has 2 saturated heterocycles. The summed E-state index contributed by atoms with van der Waals surface area (Å²) in [6.45, 7) is 4.18. The molecular formula is C26H44N4O2. The van der Waals surface area contributed by atoms with Gasteiger partial charge in [0.25, 0.3) is 0 Å². The number of nitrogens with one attached hydrogen (secondary N) is 4. The van der Waals surface area contributed by atoms with Gasteiger partial charge in [0.2, 0.25) is 11.8 Å². The second-order valence-corrected chi connectivity index (χ2v) is 11.5. The van der Waals surface area contributed by atoms with Crippen LogP contribution in [0.2, 0.25) is 0 Å². The van der Waals surface area contributed by atoms with Crippen molar-refractivity contribution in [3.63, 3.8) is 0 Å². The summed E-state index contributed by atoms with van der Waals surface area (Å²) < 4.78 is 0. The van der Waals surface area contributed by atoms with Crippen molar-refractivity contribution >= 4 is 11.8 Å². The Morgan fingerprint density at radius 1 is 0.781 bits per heavy atom. The van der Waals surface area contributed by atoms with E-state index in [1.54, 1.807) is 0 Å². The van der Waals surface area contributed by atoms with Gasteiger partial charge in [0.15, 0.2) is 0 Å². The fourth-order valence-electron chi connectivity index (χ4n) is 7.28. The van der Waals surface area contributed by atoms with E-state index in [0.717, 1.165) is 70.0 Å². The summed E-state index contributed by atoms with van der Waals surface area (Å²) in [5.41, 5.74) is 0. The molecule has 180 valence electrons. The summed E-state index contributed by atoms with van der Waals surface area (Å²) in [5.74, 6) is 3.87. The molecule has 4 N–H and O–H groups in total. The number of rotatable bonds is 6. The van der Waals surface area contributed by atoms with Gasteiger partial charge >= 0.3 is 0 Å². The Balaban J connectivity index is 0.998. The molecule has 0 aromatic heterocycles. The van der Waals surface area contributed by atoms with Crippen molar-refractivity contribution in [2.45, 2.75) is 89.1 Å². The minimum absolute atomic E-state index is 0.182. The molecule has 5 fully saturated rings. The fourth-order valence-corrected chi connectivity index (χ4v) is 7.28. The van der Waals surface area contributed by atoms with Gasteiger partial charge < -0.3 is 21.3 Å². The average Bonchev–Trinajstić information content (AvgIpc) is 3.64. The first-order chi connectivity index (χ1) is 15.7. The van der Waals surface area contributed by atoms with Crippen molar-refractivity contribution in [3.8, 4) is 0 Å². The van der Waals surface area contributed by atoms with E-state index < -0.39 is 0 Å². The van der Waals surface area contributed by atoms with Gasteiger partial charge in [-0.05, 0) is 114 Å². The third-order valence-corrected chi connectivity index (χ3v) is 9.44. The Morgan fingerprint density at radius 2 is 1.62 bits per heavy atom. The van der Waals surface area contributed by atoms with Crippen LogP contribution in [0.25, 0.3) is 0 Å². The van der Waals surface area contributed by atoms with Crippen molar-refractivity contribution < 1.29 is 9.59 Å². The van der Waals surface area contributed by atoms with Crippen molar-refractivity contribution in [1.82, 2.24) is 21.3 Å². The van der Waals surface area contributed by atoms with Crippen LogP contribution in [0.1, 0.15) is 77.0 Å². The van der Waals surface area contributed by atoms with Crippen LogP contribution in [0.3, 0.4) is 0 Å². The molecule has 0 bridgehead atoms. The molecule has 5 aliphatic rings. The highest BCUT2D eigenvalue weighted by Crippen LogP contribution is 2.50. The van der Waals surface area contributed by atoms with Gasteiger partial charge in [-0.15, -0.1) is 0 Å². The topological polar surface area (TPSA) is 82.3 Å². The number of piperidine rings is 2. The second kappa shape index (κ2) is 10.4. The van der Waals surface area contributed by atoms with Crippen LogP contribution in [0.4, 0.5) is 0 Å². The van der Waals surface area contributed by atoms with E-state index in [4.69, 9.17) is 0 Å². The summed E-state index contributed by atoms with van der Waals surface area (Å²) in [6, 6.07) is 0.862. The highest BCUT2D eigenvalue weighted by Gasteiger charge is 2.49. The number of amides is 2. The Bertz CT molecular complexity index is 656. The molecule has 0 radical (unpaired) electrons. The van der Waals surface area contributed by atoms with Crippen molar-refractivity contribution in [3.05, 3.63) is 0 Å². The molecule has 3 saturated carbocycles. The summed E-state index contributed by atoms with van der Waals surface area (Å²) in [5, 5.41) is 13.7. The fraction of sp³-hybridized carbons (Fsp3) is 0.923. The van der Waals surface area contributed by atoms with Crippen LogP contribution >= 0.6 is 0 Å². The number of hydrogen-bond donors (Lipinski definition) is 4. The average molecular weight is 445 g/mol. The predicted octanol–water partition coefficient (Wildman–Crippen LogP) is 2.58. The zero-order valence-corrected chi connectivity index (χ0v) is 19.7. The summed E-state index contributed by atoms with van der Waals surface area (Å²) in [7, 11) is 0. The molecule has 6 atom stereocenters. The zero-order valence-electron chi connectivity index (χ0n) is 19.7. The molecule has 6 heteroatoms. The molecule has 2 aliphatic heterocycles. The molecule has 0 aromatic rings. The molecule has 0 aromatic carbocycles. The quantitative estimate of drug-likeness (QED) is 0.508. The standard InChI is InChI=1S/C26H44N4O2/c31-25(29-16-22-3-1-2-11-28-22)18-6-4-17(5-7-18)23-14-24(23)26(32)30-21-9-8-20-15-27-12-10-19(20)13-21/h17-24,27-28H,1-16H2,(H,29,31)(H,30,32)/t17?,18?,19?,20?,21?,22?,23-,24+/m0/s1. The number of carbonyl (C=O) groups excluding carboxylic acids is 2. The van der Waals surface area contributed by atoms with E-state index in [1.807, 2.05) is 0 Å². The first-order valence-electron chi connectivity index (χ1n) is 13.7. The lowest BCUT2D eigenvalue weighted by atomic mass is 9.73. The second-order valence-electron chi connectivity index (χ2n) is 11.5. The molecule has 4 unspecified atom stereocenters. The van der Waals surface area contributed by atoms with Gasteiger partial charge in [-0.2, -0.15) is 0 Å². The monoisotopic (exact) mass is 444 g/mol. The van der Waals surface area contributed by atoms with E-state index >= 15 is 0 Å².